The number of thioether (sulfide) groups is 1. The number of esters is 1. The van der Waals surface area contributed by atoms with Crippen molar-refractivity contribution in [2.75, 3.05) is 6.61 Å². The van der Waals surface area contributed by atoms with E-state index in [9.17, 15) is 9.59 Å². The smallest absolute Gasteiger partial charge is 0.338 e. The second-order valence-electron chi connectivity index (χ2n) is 18.6. The van der Waals surface area contributed by atoms with Crippen LogP contribution in [0.2, 0.25) is 0 Å². The lowest BCUT2D eigenvalue weighted by molar-refractivity contribution is -0.0594. The molecule has 0 N–H and O–H groups in total. The average Bonchev–Trinajstić information content (AvgIpc) is 3.52. The van der Waals surface area contributed by atoms with E-state index in [1.807, 2.05) is 36.4 Å². The van der Waals surface area contributed by atoms with Crippen molar-refractivity contribution >= 4 is 22.8 Å². The molecule has 0 radical (unpaired) electrons. The van der Waals surface area contributed by atoms with E-state index in [2.05, 4.69) is 47.6 Å². The Bertz CT molecular complexity index is 1560. The number of hydrogen-bond acceptors (Lipinski definition) is 5. The molecule has 0 bridgehead atoms. The number of rotatable bonds is 17. The second-order valence-corrected chi connectivity index (χ2v) is 19.7. The first-order valence-electron chi connectivity index (χ1n) is 22.0. The van der Waals surface area contributed by atoms with E-state index in [0.29, 0.717) is 23.1 Å². The van der Waals surface area contributed by atoms with Crippen molar-refractivity contribution in [2.45, 2.75) is 162 Å². The molecule has 5 heteroatoms. The van der Waals surface area contributed by atoms with E-state index in [4.69, 9.17) is 9.47 Å². The van der Waals surface area contributed by atoms with Gasteiger partial charge in [-0.15, -0.1) is 0 Å². The van der Waals surface area contributed by atoms with Crippen LogP contribution < -0.4 is 4.74 Å². The third-order valence-electron chi connectivity index (χ3n) is 14.7. The number of carbonyl (C=O) groups is 2. The van der Waals surface area contributed by atoms with Gasteiger partial charge in [-0.05, 0) is 158 Å². The van der Waals surface area contributed by atoms with Crippen LogP contribution in [0.5, 0.6) is 5.75 Å². The Labute approximate surface area is 332 Å². The number of fused-ring (bicyclic) bond motifs is 5. The van der Waals surface area contributed by atoms with Crippen LogP contribution in [0.4, 0.5) is 0 Å². The lowest BCUT2D eigenvalue weighted by Gasteiger charge is -2.58. The molecular formula is C49H70O4S. The minimum atomic E-state index is -0.259. The van der Waals surface area contributed by atoms with Crippen LogP contribution in [0.25, 0.3) is 0 Å². The number of carbonyl (C=O) groups excluding carboxylic acids is 2. The Kier molecular flexibility index (Phi) is 14.2. The van der Waals surface area contributed by atoms with Gasteiger partial charge in [-0.1, -0.05) is 105 Å². The monoisotopic (exact) mass is 754 g/mol. The molecule has 0 aliphatic heterocycles. The zero-order valence-electron chi connectivity index (χ0n) is 34.5. The maximum Gasteiger partial charge on any atom is 0.338 e. The maximum atomic E-state index is 13.3. The molecule has 3 fully saturated rings. The van der Waals surface area contributed by atoms with E-state index in [0.717, 1.165) is 71.8 Å². The quantitative estimate of drug-likeness (QED) is 0.0697. The summed E-state index contributed by atoms with van der Waals surface area (Å²) in [4.78, 5) is 27.2. The molecule has 4 nitrogen and oxygen atoms in total. The van der Waals surface area contributed by atoms with E-state index >= 15 is 0 Å². The lowest BCUT2D eigenvalue weighted by atomic mass is 9.47. The molecule has 0 spiro atoms. The number of benzene rings is 2. The molecule has 0 aromatic heterocycles. The summed E-state index contributed by atoms with van der Waals surface area (Å²) in [6.07, 6.45) is 23.8. The highest BCUT2D eigenvalue weighted by molar-refractivity contribution is 8.14. The highest BCUT2D eigenvalue weighted by Crippen LogP contribution is 2.67. The van der Waals surface area contributed by atoms with Gasteiger partial charge in [0, 0.05) is 16.9 Å². The number of allylic oxidation sites excluding steroid dienone is 1. The highest BCUT2D eigenvalue weighted by atomic mass is 32.2. The molecule has 3 saturated carbocycles. The van der Waals surface area contributed by atoms with Gasteiger partial charge in [0.25, 0.3) is 0 Å². The molecule has 2 aromatic rings. The van der Waals surface area contributed by atoms with Crippen LogP contribution in [0.3, 0.4) is 0 Å². The molecule has 4 aliphatic carbocycles. The molecule has 0 saturated heterocycles. The van der Waals surface area contributed by atoms with Crippen molar-refractivity contribution in [3.63, 3.8) is 0 Å². The third-order valence-corrected chi connectivity index (χ3v) is 15.6. The predicted molar refractivity (Wildman–Crippen MR) is 224 cm³/mol. The predicted octanol–water partition coefficient (Wildman–Crippen LogP) is 13.9. The van der Waals surface area contributed by atoms with Gasteiger partial charge < -0.3 is 9.47 Å². The van der Waals surface area contributed by atoms with Gasteiger partial charge >= 0.3 is 5.97 Å². The fourth-order valence-corrected chi connectivity index (χ4v) is 12.3. The molecule has 8 atom stereocenters. The van der Waals surface area contributed by atoms with Crippen molar-refractivity contribution in [3.05, 3.63) is 71.3 Å². The molecule has 2 aromatic carbocycles. The Morgan fingerprint density at radius 1 is 0.796 bits per heavy atom. The van der Waals surface area contributed by atoms with E-state index in [1.54, 1.807) is 17.7 Å². The number of hydrogen-bond donors (Lipinski definition) is 0. The molecule has 6 rings (SSSR count). The minimum Gasteiger partial charge on any atom is -0.494 e. The summed E-state index contributed by atoms with van der Waals surface area (Å²) in [5.41, 5.74) is 3.48. The van der Waals surface area contributed by atoms with Gasteiger partial charge in [-0.2, -0.15) is 0 Å². The van der Waals surface area contributed by atoms with E-state index < -0.39 is 0 Å². The van der Waals surface area contributed by atoms with Gasteiger partial charge in [0.05, 0.1) is 12.2 Å². The van der Waals surface area contributed by atoms with Gasteiger partial charge in [0.1, 0.15) is 11.9 Å². The fourth-order valence-electron chi connectivity index (χ4n) is 11.6. The van der Waals surface area contributed by atoms with Crippen molar-refractivity contribution in [2.24, 2.45) is 46.3 Å². The van der Waals surface area contributed by atoms with Crippen LogP contribution in [0.1, 0.15) is 171 Å². The first-order chi connectivity index (χ1) is 26.0. The van der Waals surface area contributed by atoms with Crippen LogP contribution in [0, 0.1) is 46.3 Å². The van der Waals surface area contributed by atoms with Crippen molar-refractivity contribution in [3.8, 4) is 5.75 Å². The topological polar surface area (TPSA) is 52.6 Å². The molecule has 0 heterocycles. The summed E-state index contributed by atoms with van der Waals surface area (Å²) in [7, 11) is 0. The summed E-state index contributed by atoms with van der Waals surface area (Å²) in [6.45, 7) is 15.5. The molecule has 0 unspecified atom stereocenters. The maximum absolute atomic E-state index is 13.3. The summed E-state index contributed by atoms with van der Waals surface area (Å²) in [5.74, 6) is 5.50. The Hall–Kier alpha value is -2.53. The third kappa shape index (κ3) is 9.52. The summed E-state index contributed by atoms with van der Waals surface area (Å²) < 4.78 is 12.1. The van der Waals surface area contributed by atoms with Gasteiger partial charge in [-0.3, -0.25) is 4.79 Å². The van der Waals surface area contributed by atoms with Crippen molar-refractivity contribution in [1.29, 1.82) is 0 Å². The largest absolute Gasteiger partial charge is 0.494 e. The standard InChI is InChI=1S/C49H70O4S/c1-7-8-9-10-11-12-32-52-39-21-16-37(17-22-39)47(51)54-41-23-18-36(19-24-41)46(50)53-40-28-30-48(5)38(33-40)20-25-42-44-27-26-43(35(4)15-13-14-34(2)3)49(44,6)31-29-45(42)48/h16-24,34-35,40,42-45H,7-15,25-33H2,1-6H3/t35-,40+,42+,43-,44+,45+,48+,49-/m1/s1. The van der Waals surface area contributed by atoms with Crippen LogP contribution in [0.15, 0.2) is 65.1 Å². The van der Waals surface area contributed by atoms with Gasteiger partial charge in [-0.25, -0.2) is 4.79 Å². The van der Waals surface area contributed by atoms with Crippen LogP contribution in [-0.2, 0) is 4.74 Å². The van der Waals surface area contributed by atoms with E-state index in [1.165, 1.54) is 95.2 Å². The SMILES string of the molecule is CCCCCCCCOc1ccc(C(=O)Sc2ccc(C(=O)O[C@H]3CC[C@@]4(C)C(=CC[C@H]5[C@@H]6CC[C@H]([C@H](C)CCCC(C)C)[C@@]6(C)CC[C@@H]54)C3)cc2)cc1. The Morgan fingerprint density at radius 2 is 1.52 bits per heavy atom. The van der Waals surface area contributed by atoms with E-state index in [-0.39, 0.29) is 22.6 Å². The Balaban J connectivity index is 0.971. The Morgan fingerprint density at radius 3 is 2.26 bits per heavy atom. The fraction of sp³-hybridized carbons (Fsp3) is 0.673. The van der Waals surface area contributed by atoms with Gasteiger partial charge in [0.2, 0.25) is 5.12 Å². The highest BCUT2D eigenvalue weighted by Gasteiger charge is 2.59. The van der Waals surface area contributed by atoms with Crippen molar-refractivity contribution in [1.82, 2.24) is 0 Å². The number of unbranched alkanes of at least 4 members (excludes halogenated alkanes) is 5. The minimum absolute atomic E-state index is 0.0250. The molecule has 296 valence electrons. The van der Waals surface area contributed by atoms with Crippen LogP contribution >= 0.6 is 11.8 Å². The van der Waals surface area contributed by atoms with Crippen LogP contribution in [-0.4, -0.2) is 23.8 Å². The average molecular weight is 755 g/mol. The number of ether oxygens (including phenoxy) is 2. The molecule has 54 heavy (non-hydrogen) atoms. The van der Waals surface area contributed by atoms with Crippen molar-refractivity contribution < 1.29 is 19.1 Å². The first-order valence-corrected chi connectivity index (χ1v) is 22.8. The molecular weight excluding hydrogens is 685 g/mol. The zero-order chi connectivity index (χ0) is 38.3. The molecule has 4 aliphatic rings. The van der Waals surface area contributed by atoms with Gasteiger partial charge in [0.15, 0.2) is 0 Å². The summed E-state index contributed by atoms with van der Waals surface area (Å²) in [6, 6.07) is 14.7. The first kappa shape index (κ1) is 41.1. The lowest BCUT2D eigenvalue weighted by Crippen LogP contribution is -2.51. The second kappa shape index (κ2) is 18.6. The summed E-state index contributed by atoms with van der Waals surface area (Å²) >= 11 is 1.18. The normalized spacial score (nSPS) is 29.5. The molecule has 0 amide bonds. The summed E-state index contributed by atoms with van der Waals surface area (Å²) in [5, 5.41) is -0.0250. The zero-order valence-corrected chi connectivity index (χ0v) is 35.3.